The maximum absolute atomic E-state index is 11.8. The van der Waals surface area contributed by atoms with Crippen molar-refractivity contribution in [3.05, 3.63) is 76.6 Å². The fourth-order valence-corrected chi connectivity index (χ4v) is 6.27. The Morgan fingerprint density at radius 2 is 1.89 bits per heavy atom. The minimum Gasteiger partial charge on any atom is -0.456 e. The van der Waals surface area contributed by atoms with E-state index in [0.29, 0.717) is 12.3 Å². The van der Waals surface area contributed by atoms with Crippen LogP contribution in [0.2, 0.25) is 0 Å². The van der Waals surface area contributed by atoms with Gasteiger partial charge in [-0.15, -0.1) is 0 Å². The van der Waals surface area contributed by atoms with E-state index in [2.05, 4.69) is 4.58 Å². The van der Waals surface area contributed by atoms with Gasteiger partial charge in [0, 0.05) is 29.3 Å². The number of benzene rings is 2. The zero-order valence-corrected chi connectivity index (χ0v) is 22.9. The Bertz CT molecular complexity index is 1630. The third-order valence-corrected chi connectivity index (χ3v) is 8.44. The van der Waals surface area contributed by atoms with Gasteiger partial charge in [-0.1, -0.05) is 0 Å². The molecule has 0 spiro atoms. The van der Waals surface area contributed by atoms with Gasteiger partial charge >= 0.3 is 7.82 Å². The molecule has 0 saturated carbocycles. The number of ether oxygens (including phenoxy) is 1. The van der Waals surface area contributed by atoms with Crippen LogP contribution in [0.4, 0.5) is 5.69 Å². The van der Waals surface area contributed by atoms with Gasteiger partial charge in [0.2, 0.25) is 5.69 Å². The summed E-state index contributed by atoms with van der Waals surface area (Å²) in [7, 11) is -9.02. The Balaban J connectivity index is 1.52. The highest BCUT2D eigenvalue weighted by molar-refractivity contribution is 7.85. The van der Waals surface area contributed by atoms with Crippen molar-refractivity contribution in [2.24, 2.45) is 0 Å². The standard InChI is InChI=1S/C27H28NO8PS/c1-4-28-23-12-11-21(38(32,33)34)16-22(23)27(2,3)25(28)13-9-17-6-5-7-19-14-18-8-10-20(36-37(29,30)31)15-24(18)35-26(17)19/h8-16H,4-7H2,1-3H3,(H2-,29,30,31,32,33,34)/p+1/b13-9+. The maximum Gasteiger partial charge on any atom is 0.524 e. The predicted octanol–water partition coefficient (Wildman–Crippen LogP) is 5.27. The van der Waals surface area contributed by atoms with E-state index in [4.69, 9.17) is 19.0 Å². The summed E-state index contributed by atoms with van der Waals surface area (Å²) in [5, 5.41) is 0. The topological polar surface area (TPSA) is 133 Å². The van der Waals surface area contributed by atoms with Gasteiger partial charge in [0.1, 0.15) is 23.8 Å². The lowest BCUT2D eigenvalue weighted by molar-refractivity contribution is -0.433. The number of phosphoric acid groups is 1. The first kappa shape index (κ1) is 26.6. The predicted molar refractivity (Wildman–Crippen MR) is 142 cm³/mol. The summed E-state index contributed by atoms with van der Waals surface area (Å²) in [5.74, 6) is 1.20. The van der Waals surface area contributed by atoms with E-state index < -0.39 is 23.4 Å². The van der Waals surface area contributed by atoms with Crippen molar-refractivity contribution in [3.8, 4) is 11.5 Å². The monoisotopic (exact) mass is 558 g/mol. The van der Waals surface area contributed by atoms with Crippen LogP contribution in [-0.2, 0) is 20.1 Å². The summed E-state index contributed by atoms with van der Waals surface area (Å²) >= 11 is 0. The lowest BCUT2D eigenvalue weighted by Crippen LogP contribution is -2.27. The molecular weight excluding hydrogens is 529 g/mol. The van der Waals surface area contributed by atoms with Gasteiger partial charge in [-0.3, -0.25) is 14.3 Å². The number of phosphoric ester groups is 1. The Hall–Kier alpha value is -3.01. The van der Waals surface area contributed by atoms with E-state index >= 15 is 0 Å². The quantitative estimate of drug-likeness (QED) is 0.248. The van der Waals surface area contributed by atoms with Crippen molar-refractivity contribution in [2.75, 3.05) is 6.54 Å². The molecule has 0 unspecified atom stereocenters. The molecule has 0 bridgehead atoms. The Kier molecular flexibility index (Phi) is 6.52. The molecule has 1 aliphatic carbocycles. The fourth-order valence-electron chi connectivity index (χ4n) is 5.38. The first-order chi connectivity index (χ1) is 17.8. The zero-order valence-electron chi connectivity index (χ0n) is 21.2. The highest BCUT2D eigenvalue weighted by Crippen LogP contribution is 2.45. The molecule has 9 nitrogen and oxygen atoms in total. The summed E-state index contributed by atoms with van der Waals surface area (Å²) in [5.41, 5.74) is 5.03. The molecule has 3 N–H and O–H groups in total. The van der Waals surface area contributed by atoms with Gasteiger partial charge in [0.15, 0.2) is 5.71 Å². The van der Waals surface area contributed by atoms with Crippen molar-refractivity contribution in [1.29, 1.82) is 0 Å². The number of hydrogen-bond donors (Lipinski definition) is 3. The van der Waals surface area contributed by atoms with Crippen molar-refractivity contribution < 1.29 is 41.2 Å². The highest BCUT2D eigenvalue weighted by atomic mass is 32.2. The third-order valence-electron chi connectivity index (χ3n) is 7.15. The molecule has 0 aromatic heterocycles. The van der Waals surface area contributed by atoms with Gasteiger partial charge in [-0.05, 0) is 87.6 Å². The first-order valence-corrected chi connectivity index (χ1v) is 15.2. The molecule has 11 heteroatoms. The molecule has 0 saturated heterocycles. The van der Waals surface area contributed by atoms with Crippen LogP contribution in [0, 0.1) is 0 Å². The van der Waals surface area contributed by atoms with Crippen LogP contribution in [0.15, 0.2) is 70.4 Å². The van der Waals surface area contributed by atoms with Crippen LogP contribution >= 0.6 is 7.82 Å². The van der Waals surface area contributed by atoms with Gasteiger partial charge in [0.25, 0.3) is 10.1 Å². The minimum absolute atomic E-state index is 0.0197. The third kappa shape index (κ3) is 4.90. The molecule has 38 heavy (non-hydrogen) atoms. The summed E-state index contributed by atoms with van der Waals surface area (Å²) in [6.45, 7) is 6.74. The van der Waals surface area contributed by atoms with Gasteiger partial charge in [0.05, 0.1) is 10.3 Å². The first-order valence-electron chi connectivity index (χ1n) is 12.2. The second-order valence-electron chi connectivity index (χ2n) is 10.0. The van der Waals surface area contributed by atoms with Crippen LogP contribution in [0.1, 0.15) is 51.2 Å². The second kappa shape index (κ2) is 9.32. The summed E-state index contributed by atoms with van der Waals surface area (Å²) in [6, 6.07) is 9.37. The largest absolute Gasteiger partial charge is 0.524 e. The average molecular weight is 559 g/mol. The van der Waals surface area contributed by atoms with Crippen molar-refractivity contribution in [2.45, 2.75) is 50.3 Å². The van der Waals surface area contributed by atoms with Gasteiger partial charge in [-0.2, -0.15) is 13.0 Å². The zero-order chi connectivity index (χ0) is 27.5. The smallest absolute Gasteiger partial charge is 0.456 e. The second-order valence-corrected chi connectivity index (χ2v) is 12.6. The number of rotatable bonds is 6. The molecule has 2 heterocycles. The van der Waals surface area contributed by atoms with Crippen LogP contribution in [0.5, 0.6) is 11.5 Å². The summed E-state index contributed by atoms with van der Waals surface area (Å²) in [6.07, 6.45) is 8.67. The highest BCUT2D eigenvalue weighted by Gasteiger charge is 2.44. The van der Waals surface area contributed by atoms with Gasteiger partial charge in [-0.25, -0.2) is 4.57 Å². The van der Waals surface area contributed by atoms with E-state index in [-0.39, 0.29) is 10.6 Å². The SMILES string of the molecule is CC[N+]1=C(/C=C/C2=C3Oc4cc(OP(=O)(O)O)ccc4C=C3CCC2)C(C)(C)c2cc(S(=O)(=O)O)ccc21. The average Bonchev–Trinajstić information content (AvgIpc) is 3.05. The molecular formula is C27H29NO8PS+. The van der Waals surface area contributed by atoms with E-state index in [1.165, 1.54) is 24.3 Å². The molecule has 0 radical (unpaired) electrons. The fraction of sp³-hybridized carbons (Fsp3) is 0.296. The van der Waals surface area contributed by atoms with E-state index in [1.54, 1.807) is 12.1 Å². The summed E-state index contributed by atoms with van der Waals surface area (Å²) in [4.78, 5) is 18.2. The Morgan fingerprint density at radius 3 is 2.58 bits per heavy atom. The van der Waals surface area contributed by atoms with Crippen molar-refractivity contribution in [3.63, 3.8) is 0 Å². The van der Waals surface area contributed by atoms with Crippen molar-refractivity contribution in [1.82, 2.24) is 0 Å². The number of hydrogen-bond acceptors (Lipinski definition) is 5. The van der Waals surface area contributed by atoms with Crippen LogP contribution < -0.4 is 9.26 Å². The molecule has 2 aromatic carbocycles. The van der Waals surface area contributed by atoms with E-state index in [9.17, 15) is 17.5 Å². The van der Waals surface area contributed by atoms with Crippen LogP contribution in [0.25, 0.3) is 6.08 Å². The number of fused-ring (bicyclic) bond motifs is 3. The molecule has 2 aliphatic heterocycles. The molecule has 5 rings (SSSR count). The molecule has 3 aliphatic rings. The number of nitrogens with zero attached hydrogens (tertiary/aromatic N) is 1. The number of allylic oxidation sites excluding steroid dienone is 4. The normalized spacial score (nSPS) is 18.6. The molecule has 0 atom stereocenters. The summed E-state index contributed by atoms with van der Waals surface area (Å²) < 4.78 is 57.5. The van der Waals surface area contributed by atoms with Crippen molar-refractivity contribution >= 4 is 35.4 Å². The molecule has 0 amide bonds. The van der Waals surface area contributed by atoms with Gasteiger partial charge < -0.3 is 9.26 Å². The molecule has 200 valence electrons. The lowest BCUT2D eigenvalue weighted by atomic mass is 9.81. The lowest BCUT2D eigenvalue weighted by Gasteiger charge is -2.27. The Morgan fingerprint density at radius 1 is 1.13 bits per heavy atom. The Labute approximate surface area is 221 Å². The molecule has 2 aromatic rings. The van der Waals surface area contributed by atoms with E-state index in [0.717, 1.165) is 58.7 Å². The van der Waals surface area contributed by atoms with Crippen LogP contribution in [0.3, 0.4) is 0 Å². The molecule has 0 fully saturated rings. The van der Waals surface area contributed by atoms with E-state index in [1.807, 2.05) is 39.0 Å². The maximum atomic E-state index is 11.8. The minimum atomic E-state index is -4.70. The van der Waals surface area contributed by atoms with Crippen LogP contribution in [-0.4, -0.2) is 39.6 Å².